The fourth-order valence-electron chi connectivity index (χ4n) is 3.27. The van der Waals surface area contributed by atoms with Crippen molar-refractivity contribution in [2.75, 3.05) is 24.6 Å². The number of amides is 1. The average Bonchev–Trinajstić information content (AvgIpc) is 3.09. The first-order chi connectivity index (χ1) is 14.1. The van der Waals surface area contributed by atoms with E-state index in [2.05, 4.69) is 15.6 Å². The van der Waals surface area contributed by atoms with Gasteiger partial charge >= 0.3 is 0 Å². The third-order valence-corrected chi connectivity index (χ3v) is 4.62. The number of hydrogen-bond donors (Lipinski definition) is 3. The number of guanidine groups is 1. The molecule has 1 fully saturated rings. The lowest BCUT2D eigenvalue weighted by Crippen LogP contribution is -2.44. The molecular weight excluding hydrogens is 368 g/mol. The third-order valence-electron chi connectivity index (χ3n) is 4.62. The fraction of sp³-hybridized carbons (Fsp3) is 0.364. The Hall–Kier alpha value is -3.22. The Morgan fingerprint density at radius 1 is 1.24 bits per heavy atom. The summed E-state index contributed by atoms with van der Waals surface area (Å²) in [5, 5.41) is 16.4. The Balaban J connectivity index is 1.66. The minimum atomic E-state index is -0.0145. The lowest BCUT2D eigenvalue weighted by Gasteiger charge is -2.19. The summed E-state index contributed by atoms with van der Waals surface area (Å²) in [5.41, 5.74) is 1.84. The van der Waals surface area contributed by atoms with E-state index < -0.39 is 0 Å². The summed E-state index contributed by atoms with van der Waals surface area (Å²) >= 11 is 0. The number of ether oxygens (including phenoxy) is 1. The van der Waals surface area contributed by atoms with E-state index in [1.165, 1.54) is 0 Å². The normalized spacial score (nSPS) is 16.8. The predicted molar refractivity (Wildman–Crippen MR) is 114 cm³/mol. The minimum Gasteiger partial charge on any atom is -0.504 e. The van der Waals surface area contributed by atoms with Crippen LogP contribution < -0.4 is 20.3 Å². The Morgan fingerprint density at radius 2 is 2.03 bits per heavy atom. The molecule has 1 unspecified atom stereocenters. The average molecular weight is 396 g/mol. The van der Waals surface area contributed by atoms with E-state index in [1.807, 2.05) is 50.2 Å². The highest BCUT2D eigenvalue weighted by molar-refractivity contribution is 5.97. The number of hydrogen-bond acceptors (Lipinski definition) is 4. The molecule has 0 spiro atoms. The number of phenolic OH excluding ortho intramolecular Hbond substituents is 1. The van der Waals surface area contributed by atoms with Gasteiger partial charge in [0.05, 0.1) is 19.2 Å². The highest BCUT2D eigenvalue weighted by atomic mass is 16.5. The molecule has 154 valence electrons. The van der Waals surface area contributed by atoms with Gasteiger partial charge in [0.15, 0.2) is 17.5 Å². The second-order valence-electron chi connectivity index (χ2n) is 6.82. The molecule has 0 aliphatic carbocycles. The molecule has 3 N–H and O–H groups in total. The Labute approximate surface area is 171 Å². The number of anilines is 1. The van der Waals surface area contributed by atoms with Gasteiger partial charge in [-0.3, -0.25) is 4.79 Å². The molecule has 7 heteroatoms. The summed E-state index contributed by atoms with van der Waals surface area (Å²) in [6.45, 7) is 6.10. The van der Waals surface area contributed by atoms with Crippen LogP contribution >= 0.6 is 0 Å². The number of carbonyl (C=O) groups excluding carboxylic acids is 1. The molecule has 1 amide bonds. The molecule has 29 heavy (non-hydrogen) atoms. The summed E-state index contributed by atoms with van der Waals surface area (Å²) < 4.78 is 5.43. The topological polar surface area (TPSA) is 86.2 Å². The van der Waals surface area contributed by atoms with E-state index in [0.29, 0.717) is 44.4 Å². The van der Waals surface area contributed by atoms with Crippen LogP contribution in [0.15, 0.2) is 53.5 Å². The van der Waals surface area contributed by atoms with Gasteiger partial charge in [0.1, 0.15) is 0 Å². The number of aromatic hydroxyl groups is 1. The van der Waals surface area contributed by atoms with Gasteiger partial charge in [-0.2, -0.15) is 0 Å². The number of benzene rings is 2. The van der Waals surface area contributed by atoms with Gasteiger partial charge in [0.25, 0.3) is 0 Å². The van der Waals surface area contributed by atoms with Crippen LogP contribution in [0.25, 0.3) is 0 Å². The standard InChI is InChI=1S/C22H28N4O3/c1-3-23-22(24-14-16-10-11-19(27)20(12-16)29-4-2)25-17-13-21(28)26(15-17)18-8-6-5-7-9-18/h5-12,17,27H,3-4,13-15H2,1-2H3,(H2,23,24,25). The maximum atomic E-state index is 12.4. The molecule has 1 aliphatic heterocycles. The number of aliphatic imine (C=N–C) groups is 1. The predicted octanol–water partition coefficient (Wildman–Crippen LogP) is 2.65. The number of nitrogens with zero attached hydrogens (tertiary/aromatic N) is 2. The van der Waals surface area contributed by atoms with Gasteiger partial charge in [0, 0.05) is 25.2 Å². The van der Waals surface area contributed by atoms with Crippen LogP contribution in [0.1, 0.15) is 25.8 Å². The van der Waals surface area contributed by atoms with E-state index >= 15 is 0 Å². The molecular formula is C22H28N4O3. The van der Waals surface area contributed by atoms with Crippen molar-refractivity contribution in [3.05, 3.63) is 54.1 Å². The van der Waals surface area contributed by atoms with E-state index in [0.717, 1.165) is 11.3 Å². The molecule has 3 rings (SSSR count). The second kappa shape index (κ2) is 9.82. The van der Waals surface area contributed by atoms with Crippen LogP contribution in [0.3, 0.4) is 0 Å². The number of phenols is 1. The fourth-order valence-corrected chi connectivity index (χ4v) is 3.27. The number of rotatable bonds is 7. The van der Waals surface area contributed by atoms with Crippen LogP contribution in [-0.4, -0.2) is 42.7 Å². The quantitative estimate of drug-likeness (QED) is 0.495. The van der Waals surface area contributed by atoms with Gasteiger partial charge in [-0.25, -0.2) is 4.99 Å². The lowest BCUT2D eigenvalue weighted by molar-refractivity contribution is -0.117. The van der Waals surface area contributed by atoms with Crippen molar-refractivity contribution < 1.29 is 14.6 Å². The zero-order valence-electron chi connectivity index (χ0n) is 16.9. The molecule has 1 atom stereocenters. The zero-order chi connectivity index (χ0) is 20.6. The van der Waals surface area contributed by atoms with E-state index in [-0.39, 0.29) is 17.7 Å². The third kappa shape index (κ3) is 5.40. The first kappa shape index (κ1) is 20.5. The maximum absolute atomic E-state index is 12.4. The van der Waals surface area contributed by atoms with Crippen molar-refractivity contribution in [2.45, 2.75) is 32.9 Å². The van der Waals surface area contributed by atoms with E-state index in [1.54, 1.807) is 17.0 Å². The van der Waals surface area contributed by atoms with Gasteiger partial charge in [-0.1, -0.05) is 24.3 Å². The highest BCUT2D eigenvalue weighted by Crippen LogP contribution is 2.27. The molecule has 0 bridgehead atoms. The minimum absolute atomic E-state index is 0.0145. The van der Waals surface area contributed by atoms with Crippen molar-refractivity contribution in [1.82, 2.24) is 10.6 Å². The molecule has 0 radical (unpaired) electrons. The Morgan fingerprint density at radius 3 is 2.76 bits per heavy atom. The van der Waals surface area contributed by atoms with Crippen molar-refractivity contribution in [3.63, 3.8) is 0 Å². The molecule has 2 aromatic carbocycles. The number of carbonyl (C=O) groups is 1. The van der Waals surface area contributed by atoms with E-state index in [9.17, 15) is 9.90 Å². The van der Waals surface area contributed by atoms with Crippen LogP contribution in [0.5, 0.6) is 11.5 Å². The van der Waals surface area contributed by atoms with Crippen LogP contribution in [0.2, 0.25) is 0 Å². The molecule has 0 aromatic heterocycles. The van der Waals surface area contributed by atoms with Crippen molar-refractivity contribution >= 4 is 17.6 Å². The van der Waals surface area contributed by atoms with Crippen molar-refractivity contribution in [1.29, 1.82) is 0 Å². The van der Waals surface area contributed by atoms with Gasteiger partial charge in [0.2, 0.25) is 5.91 Å². The van der Waals surface area contributed by atoms with Crippen LogP contribution in [-0.2, 0) is 11.3 Å². The Kier molecular flexibility index (Phi) is 6.94. The molecule has 2 aromatic rings. The zero-order valence-corrected chi connectivity index (χ0v) is 16.9. The number of para-hydroxylation sites is 1. The van der Waals surface area contributed by atoms with Crippen LogP contribution in [0.4, 0.5) is 5.69 Å². The second-order valence-corrected chi connectivity index (χ2v) is 6.82. The summed E-state index contributed by atoms with van der Waals surface area (Å²) in [5.74, 6) is 1.34. The number of nitrogens with one attached hydrogen (secondary N) is 2. The Bertz CT molecular complexity index is 854. The SMILES string of the molecule is CCNC(=NCc1ccc(O)c(OCC)c1)NC1CC(=O)N(c2ccccc2)C1. The van der Waals surface area contributed by atoms with Gasteiger partial charge in [-0.05, 0) is 43.7 Å². The lowest BCUT2D eigenvalue weighted by atomic mass is 10.2. The van der Waals surface area contributed by atoms with Crippen molar-refractivity contribution in [2.24, 2.45) is 4.99 Å². The highest BCUT2D eigenvalue weighted by Gasteiger charge is 2.31. The molecule has 1 saturated heterocycles. The molecule has 1 heterocycles. The van der Waals surface area contributed by atoms with Crippen molar-refractivity contribution in [3.8, 4) is 11.5 Å². The largest absolute Gasteiger partial charge is 0.504 e. The molecule has 7 nitrogen and oxygen atoms in total. The maximum Gasteiger partial charge on any atom is 0.229 e. The van der Waals surface area contributed by atoms with Gasteiger partial charge in [-0.15, -0.1) is 0 Å². The molecule has 0 saturated carbocycles. The summed E-state index contributed by atoms with van der Waals surface area (Å²) in [4.78, 5) is 18.9. The molecule has 1 aliphatic rings. The van der Waals surface area contributed by atoms with Crippen LogP contribution in [0, 0.1) is 0 Å². The summed E-state index contributed by atoms with van der Waals surface area (Å²) in [6, 6.07) is 14.9. The first-order valence-electron chi connectivity index (χ1n) is 9.95. The summed E-state index contributed by atoms with van der Waals surface area (Å²) in [6.07, 6.45) is 0.424. The monoisotopic (exact) mass is 396 g/mol. The summed E-state index contributed by atoms with van der Waals surface area (Å²) in [7, 11) is 0. The smallest absolute Gasteiger partial charge is 0.229 e. The van der Waals surface area contributed by atoms with E-state index in [4.69, 9.17) is 4.74 Å². The van der Waals surface area contributed by atoms with Gasteiger partial charge < -0.3 is 25.4 Å². The first-order valence-corrected chi connectivity index (χ1v) is 9.95.